The molecule has 0 aromatic heterocycles. The van der Waals surface area contributed by atoms with Gasteiger partial charge in [-0.2, -0.15) is 0 Å². The summed E-state index contributed by atoms with van der Waals surface area (Å²) < 4.78 is 5.14. The molecule has 2 nitrogen and oxygen atoms in total. The fraction of sp³-hybridized carbons (Fsp3) is 0.750. The first-order chi connectivity index (χ1) is 6.56. The summed E-state index contributed by atoms with van der Waals surface area (Å²) in [5, 5.41) is 0. The van der Waals surface area contributed by atoms with Crippen molar-refractivity contribution in [2.24, 2.45) is 5.41 Å². The van der Waals surface area contributed by atoms with Crippen LogP contribution in [0.2, 0.25) is 0 Å². The van der Waals surface area contributed by atoms with E-state index in [0.29, 0.717) is 6.61 Å². The number of carbonyl (C=O) groups is 1. The second-order valence-corrected chi connectivity index (χ2v) is 4.17. The number of carbonyl (C=O) groups excluding carboxylic acids is 1. The van der Waals surface area contributed by atoms with Crippen LogP contribution in [0.15, 0.2) is 11.1 Å². The highest BCUT2D eigenvalue weighted by atomic mass is 16.5. The molecule has 1 aliphatic carbocycles. The smallest absolute Gasteiger partial charge is 0.315 e. The maximum Gasteiger partial charge on any atom is 0.315 e. The molecule has 0 aliphatic heterocycles. The topological polar surface area (TPSA) is 26.3 Å². The highest BCUT2D eigenvalue weighted by molar-refractivity contribution is 5.81. The SMILES string of the molecule is CCOC(=O)C1(C)CCC(C)=C1CC. The molecule has 0 bridgehead atoms. The van der Waals surface area contributed by atoms with Gasteiger partial charge in [0, 0.05) is 0 Å². The first-order valence-corrected chi connectivity index (χ1v) is 5.42. The van der Waals surface area contributed by atoms with E-state index in [1.54, 1.807) is 0 Å². The Balaban J connectivity index is 2.90. The molecule has 1 aliphatic rings. The molecule has 1 rings (SSSR count). The van der Waals surface area contributed by atoms with Crippen molar-refractivity contribution in [2.45, 2.75) is 47.0 Å². The summed E-state index contributed by atoms with van der Waals surface area (Å²) >= 11 is 0. The molecule has 1 atom stereocenters. The Morgan fingerprint density at radius 2 is 2.14 bits per heavy atom. The van der Waals surface area contributed by atoms with E-state index in [1.807, 2.05) is 13.8 Å². The van der Waals surface area contributed by atoms with Crippen LogP contribution in [0.1, 0.15) is 47.0 Å². The summed E-state index contributed by atoms with van der Waals surface area (Å²) in [6.07, 6.45) is 2.92. The standard InChI is InChI=1S/C12H20O2/c1-5-10-9(3)7-8-12(10,4)11(13)14-6-2/h5-8H2,1-4H3. The Kier molecular flexibility index (Phi) is 3.35. The second-order valence-electron chi connectivity index (χ2n) is 4.17. The zero-order valence-corrected chi connectivity index (χ0v) is 9.64. The van der Waals surface area contributed by atoms with E-state index in [9.17, 15) is 4.79 Å². The van der Waals surface area contributed by atoms with Crippen LogP contribution in [0.25, 0.3) is 0 Å². The van der Waals surface area contributed by atoms with Gasteiger partial charge in [0.2, 0.25) is 0 Å². The number of allylic oxidation sites excluding steroid dienone is 1. The van der Waals surface area contributed by atoms with Gasteiger partial charge in [-0.05, 0) is 40.0 Å². The van der Waals surface area contributed by atoms with E-state index in [2.05, 4.69) is 13.8 Å². The van der Waals surface area contributed by atoms with Crippen molar-refractivity contribution in [1.29, 1.82) is 0 Å². The van der Waals surface area contributed by atoms with Gasteiger partial charge in [-0.3, -0.25) is 4.79 Å². The van der Waals surface area contributed by atoms with Crippen LogP contribution in [0.4, 0.5) is 0 Å². The Bertz CT molecular complexity index is 265. The molecule has 0 saturated carbocycles. The molecular formula is C12H20O2. The minimum Gasteiger partial charge on any atom is -0.465 e. The fourth-order valence-electron chi connectivity index (χ4n) is 2.42. The third-order valence-electron chi connectivity index (χ3n) is 3.26. The monoisotopic (exact) mass is 196 g/mol. The Hall–Kier alpha value is -0.790. The minimum atomic E-state index is -0.338. The Morgan fingerprint density at radius 1 is 1.50 bits per heavy atom. The summed E-state index contributed by atoms with van der Waals surface area (Å²) in [5.41, 5.74) is 2.33. The molecule has 0 saturated heterocycles. The zero-order valence-electron chi connectivity index (χ0n) is 9.64. The van der Waals surface area contributed by atoms with Gasteiger partial charge in [-0.1, -0.05) is 18.1 Å². The lowest BCUT2D eigenvalue weighted by Crippen LogP contribution is -2.29. The number of hydrogen-bond donors (Lipinski definition) is 0. The molecule has 1 unspecified atom stereocenters. The number of rotatable bonds is 3. The lowest BCUT2D eigenvalue weighted by atomic mass is 9.82. The van der Waals surface area contributed by atoms with Gasteiger partial charge in [0.05, 0.1) is 12.0 Å². The second kappa shape index (κ2) is 4.16. The van der Waals surface area contributed by atoms with Crippen molar-refractivity contribution < 1.29 is 9.53 Å². The van der Waals surface area contributed by atoms with Crippen molar-refractivity contribution in [1.82, 2.24) is 0 Å². The third kappa shape index (κ3) is 1.70. The van der Waals surface area contributed by atoms with E-state index in [1.165, 1.54) is 11.1 Å². The molecule has 0 heterocycles. The average molecular weight is 196 g/mol. The highest BCUT2D eigenvalue weighted by Crippen LogP contribution is 2.44. The number of hydrogen-bond acceptors (Lipinski definition) is 2. The molecule has 80 valence electrons. The molecule has 0 radical (unpaired) electrons. The molecule has 0 spiro atoms. The van der Waals surface area contributed by atoms with Crippen molar-refractivity contribution in [3.63, 3.8) is 0 Å². The van der Waals surface area contributed by atoms with Gasteiger partial charge in [0.1, 0.15) is 0 Å². The van der Waals surface area contributed by atoms with Gasteiger partial charge in [-0.15, -0.1) is 0 Å². The van der Waals surface area contributed by atoms with Crippen LogP contribution in [0.5, 0.6) is 0 Å². The minimum absolute atomic E-state index is 0.0475. The van der Waals surface area contributed by atoms with Gasteiger partial charge >= 0.3 is 5.97 Å². The normalized spacial score (nSPS) is 26.9. The Labute approximate surface area is 86.3 Å². The van der Waals surface area contributed by atoms with E-state index in [-0.39, 0.29) is 11.4 Å². The largest absolute Gasteiger partial charge is 0.465 e. The summed E-state index contributed by atoms with van der Waals surface area (Å²) in [7, 11) is 0. The van der Waals surface area contributed by atoms with E-state index < -0.39 is 0 Å². The van der Waals surface area contributed by atoms with E-state index >= 15 is 0 Å². The molecule has 14 heavy (non-hydrogen) atoms. The molecule has 0 aromatic carbocycles. The zero-order chi connectivity index (χ0) is 10.8. The summed E-state index contributed by atoms with van der Waals surface area (Å²) in [6.45, 7) is 8.59. The van der Waals surface area contributed by atoms with E-state index in [4.69, 9.17) is 4.74 Å². The van der Waals surface area contributed by atoms with Crippen LogP contribution in [-0.4, -0.2) is 12.6 Å². The molecule has 0 fully saturated rings. The van der Waals surface area contributed by atoms with Crippen molar-refractivity contribution in [3.05, 3.63) is 11.1 Å². The highest BCUT2D eigenvalue weighted by Gasteiger charge is 2.41. The van der Waals surface area contributed by atoms with Crippen LogP contribution < -0.4 is 0 Å². The predicted octanol–water partition coefficient (Wildman–Crippen LogP) is 3.08. The first kappa shape index (κ1) is 11.3. The molecule has 0 aromatic rings. The number of ether oxygens (including phenoxy) is 1. The first-order valence-electron chi connectivity index (χ1n) is 5.42. The van der Waals surface area contributed by atoms with Gasteiger partial charge < -0.3 is 4.74 Å². The lowest BCUT2D eigenvalue weighted by molar-refractivity contribution is -0.152. The molecule has 0 amide bonds. The predicted molar refractivity (Wildman–Crippen MR) is 57.0 cm³/mol. The fourth-order valence-corrected chi connectivity index (χ4v) is 2.42. The average Bonchev–Trinajstić information content (AvgIpc) is 2.44. The maximum absolute atomic E-state index is 11.8. The van der Waals surface area contributed by atoms with Crippen molar-refractivity contribution in [3.8, 4) is 0 Å². The quantitative estimate of drug-likeness (QED) is 0.512. The molecular weight excluding hydrogens is 176 g/mol. The van der Waals surface area contributed by atoms with Crippen LogP contribution in [-0.2, 0) is 9.53 Å². The van der Waals surface area contributed by atoms with Crippen LogP contribution in [0, 0.1) is 5.41 Å². The summed E-state index contributed by atoms with van der Waals surface area (Å²) in [4.78, 5) is 11.8. The molecule has 2 heteroatoms. The van der Waals surface area contributed by atoms with Crippen molar-refractivity contribution >= 4 is 5.97 Å². The van der Waals surface area contributed by atoms with Gasteiger partial charge in [0.15, 0.2) is 0 Å². The van der Waals surface area contributed by atoms with Gasteiger partial charge in [-0.25, -0.2) is 0 Å². The van der Waals surface area contributed by atoms with E-state index in [0.717, 1.165) is 19.3 Å². The Morgan fingerprint density at radius 3 is 2.64 bits per heavy atom. The lowest BCUT2D eigenvalue weighted by Gasteiger charge is -2.25. The number of esters is 1. The van der Waals surface area contributed by atoms with Gasteiger partial charge in [0.25, 0.3) is 0 Å². The maximum atomic E-state index is 11.8. The third-order valence-corrected chi connectivity index (χ3v) is 3.26. The van der Waals surface area contributed by atoms with Crippen molar-refractivity contribution in [2.75, 3.05) is 6.61 Å². The molecule has 0 N–H and O–H groups in total. The summed E-state index contributed by atoms with van der Waals surface area (Å²) in [6, 6.07) is 0. The summed E-state index contributed by atoms with van der Waals surface area (Å²) in [5.74, 6) is -0.0475. The van der Waals surface area contributed by atoms with Crippen LogP contribution >= 0.6 is 0 Å². The van der Waals surface area contributed by atoms with Crippen LogP contribution in [0.3, 0.4) is 0 Å².